The van der Waals surface area contributed by atoms with Crippen LogP contribution in [0.5, 0.6) is 0 Å². The van der Waals surface area contributed by atoms with E-state index in [2.05, 4.69) is 4.72 Å². The summed E-state index contributed by atoms with van der Waals surface area (Å²) in [4.78, 5) is 10.9. The minimum absolute atomic E-state index is 0.0294. The molecule has 106 valence electrons. The summed E-state index contributed by atoms with van der Waals surface area (Å²) in [5, 5.41) is 8.88. The largest absolute Gasteiger partial charge is 0.480 e. The SMILES string of the molecule is CCC(NS(=O)(=O)c1cccc(COC)c1)C(=O)O. The molecule has 0 aliphatic carbocycles. The number of carboxylic acid groups (broad SMARTS) is 1. The molecule has 7 heteroatoms. The lowest BCUT2D eigenvalue weighted by atomic mass is 10.2. The van der Waals surface area contributed by atoms with Gasteiger partial charge in [-0.05, 0) is 24.1 Å². The van der Waals surface area contributed by atoms with Crippen LogP contribution in [0.25, 0.3) is 0 Å². The van der Waals surface area contributed by atoms with E-state index in [9.17, 15) is 13.2 Å². The number of aliphatic carboxylic acids is 1. The average Bonchev–Trinajstić information content (AvgIpc) is 2.36. The van der Waals surface area contributed by atoms with Crippen LogP contribution in [0.15, 0.2) is 29.2 Å². The molecule has 0 aliphatic heterocycles. The Bertz CT molecular complexity index is 541. The van der Waals surface area contributed by atoms with Gasteiger partial charge in [0.25, 0.3) is 0 Å². The lowest BCUT2D eigenvalue weighted by molar-refractivity contribution is -0.139. The van der Waals surface area contributed by atoms with Crippen LogP contribution < -0.4 is 4.72 Å². The predicted molar refractivity (Wildman–Crippen MR) is 69.2 cm³/mol. The lowest BCUT2D eigenvalue weighted by Gasteiger charge is -2.13. The van der Waals surface area contributed by atoms with Gasteiger partial charge in [0, 0.05) is 7.11 Å². The molecular weight excluding hydrogens is 270 g/mol. The Kier molecular flexibility index (Phi) is 5.46. The second-order valence-corrected chi connectivity index (χ2v) is 5.71. The number of hydrogen-bond acceptors (Lipinski definition) is 4. The maximum absolute atomic E-state index is 12.0. The first-order valence-corrected chi connectivity index (χ1v) is 7.22. The van der Waals surface area contributed by atoms with Crippen LogP contribution in [-0.4, -0.2) is 32.6 Å². The normalized spacial score (nSPS) is 13.2. The molecular formula is C12H17NO5S. The molecule has 2 N–H and O–H groups in total. The van der Waals surface area contributed by atoms with Crippen molar-refractivity contribution in [2.75, 3.05) is 7.11 Å². The van der Waals surface area contributed by atoms with E-state index in [1.807, 2.05) is 0 Å². The highest BCUT2D eigenvalue weighted by atomic mass is 32.2. The summed E-state index contributed by atoms with van der Waals surface area (Å²) in [6.07, 6.45) is 0.173. The predicted octanol–water partition coefficient (Wildman–Crippen LogP) is 0.975. The van der Waals surface area contributed by atoms with Gasteiger partial charge in [-0.15, -0.1) is 0 Å². The number of methoxy groups -OCH3 is 1. The van der Waals surface area contributed by atoms with E-state index in [0.29, 0.717) is 12.2 Å². The standard InChI is InChI=1S/C12H17NO5S/c1-3-11(12(14)15)13-19(16,17)10-6-4-5-9(7-10)8-18-2/h4-7,11,13H,3,8H2,1-2H3,(H,14,15). The lowest BCUT2D eigenvalue weighted by Crippen LogP contribution is -2.40. The fraction of sp³-hybridized carbons (Fsp3) is 0.417. The Balaban J connectivity index is 2.99. The van der Waals surface area contributed by atoms with Gasteiger partial charge in [-0.3, -0.25) is 4.79 Å². The van der Waals surface area contributed by atoms with Crippen molar-refractivity contribution in [3.8, 4) is 0 Å². The second kappa shape index (κ2) is 6.65. The maximum atomic E-state index is 12.0. The monoisotopic (exact) mass is 287 g/mol. The molecule has 0 aromatic heterocycles. The first-order valence-electron chi connectivity index (χ1n) is 5.73. The van der Waals surface area contributed by atoms with Crippen molar-refractivity contribution in [1.29, 1.82) is 0 Å². The van der Waals surface area contributed by atoms with E-state index in [-0.39, 0.29) is 11.3 Å². The van der Waals surface area contributed by atoms with Crippen LogP contribution in [0, 0.1) is 0 Å². The molecule has 6 nitrogen and oxygen atoms in total. The van der Waals surface area contributed by atoms with Gasteiger partial charge in [-0.25, -0.2) is 8.42 Å². The molecule has 1 aromatic rings. The summed E-state index contributed by atoms with van der Waals surface area (Å²) in [6.45, 7) is 1.89. The van der Waals surface area contributed by atoms with Gasteiger partial charge in [0.2, 0.25) is 10.0 Å². The number of rotatable bonds is 7. The van der Waals surface area contributed by atoms with Crippen LogP contribution >= 0.6 is 0 Å². The molecule has 1 rings (SSSR count). The van der Waals surface area contributed by atoms with Gasteiger partial charge in [0.15, 0.2) is 0 Å². The highest BCUT2D eigenvalue weighted by Gasteiger charge is 2.23. The van der Waals surface area contributed by atoms with Crippen LogP contribution in [0.2, 0.25) is 0 Å². The third-order valence-electron chi connectivity index (χ3n) is 2.52. The van der Waals surface area contributed by atoms with Crippen molar-refractivity contribution >= 4 is 16.0 Å². The number of nitrogens with one attached hydrogen (secondary N) is 1. The fourth-order valence-electron chi connectivity index (χ4n) is 1.53. The van der Waals surface area contributed by atoms with Crippen molar-refractivity contribution in [1.82, 2.24) is 4.72 Å². The number of carboxylic acids is 1. The third kappa shape index (κ3) is 4.30. The third-order valence-corrected chi connectivity index (χ3v) is 3.99. The van der Waals surface area contributed by atoms with E-state index in [0.717, 1.165) is 0 Å². The zero-order chi connectivity index (χ0) is 14.5. The van der Waals surface area contributed by atoms with E-state index < -0.39 is 22.0 Å². The van der Waals surface area contributed by atoms with Crippen molar-refractivity contribution in [3.63, 3.8) is 0 Å². The highest BCUT2D eigenvalue weighted by molar-refractivity contribution is 7.89. The minimum atomic E-state index is -3.84. The zero-order valence-corrected chi connectivity index (χ0v) is 11.6. The number of hydrogen-bond donors (Lipinski definition) is 2. The Morgan fingerprint density at radius 1 is 1.47 bits per heavy atom. The fourth-order valence-corrected chi connectivity index (χ4v) is 2.88. The van der Waals surface area contributed by atoms with Crippen molar-refractivity contribution in [2.24, 2.45) is 0 Å². The summed E-state index contributed by atoms with van der Waals surface area (Å²) in [7, 11) is -2.33. The van der Waals surface area contributed by atoms with Crippen molar-refractivity contribution < 1.29 is 23.1 Å². The highest BCUT2D eigenvalue weighted by Crippen LogP contribution is 2.13. The van der Waals surface area contributed by atoms with Crippen LogP contribution in [-0.2, 0) is 26.2 Å². The van der Waals surface area contributed by atoms with E-state index >= 15 is 0 Å². The molecule has 1 atom stereocenters. The van der Waals surface area contributed by atoms with E-state index in [4.69, 9.17) is 9.84 Å². The van der Waals surface area contributed by atoms with Crippen molar-refractivity contribution in [2.45, 2.75) is 30.9 Å². The van der Waals surface area contributed by atoms with Gasteiger partial charge in [-0.2, -0.15) is 4.72 Å². The van der Waals surface area contributed by atoms with Gasteiger partial charge < -0.3 is 9.84 Å². The van der Waals surface area contributed by atoms with Crippen LogP contribution in [0.1, 0.15) is 18.9 Å². The molecule has 0 bridgehead atoms. The van der Waals surface area contributed by atoms with Gasteiger partial charge in [-0.1, -0.05) is 19.1 Å². The molecule has 19 heavy (non-hydrogen) atoms. The van der Waals surface area contributed by atoms with E-state index in [1.165, 1.54) is 19.2 Å². The van der Waals surface area contributed by atoms with Crippen molar-refractivity contribution in [3.05, 3.63) is 29.8 Å². The first-order chi connectivity index (χ1) is 8.90. The Labute approximate surface area is 112 Å². The number of carbonyl (C=O) groups is 1. The molecule has 1 unspecified atom stereocenters. The molecule has 1 aromatic carbocycles. The summed E-state index contributed by atoms with van der Waals surface area (Å²) >= 11 is 0. The maximum Gasteiger partial charge on any atom is 0.321 e. The number of benzene rings is 1. The van der Waals surface area contributed by atoms with Crippen LogP contribution in [0.4, 0.5) is 0 Å². The molecule has 0 heterocycles. The smallest absolute Gasteiger partial charge is 0.321 e. The topological polar surface area (TPSA) is 92.7 Å². The molecule has 0 spiro atoms. The molecule has 0 radical (unpaired) electrons. The zero-order valence-electron chi connectivity index (χ0n) is 10.8. The summed E-state index contributed by atoms with van der Waals surface area (Å²) in [5.74, 6) is -1.20. The number of ether oxygens (including phenoxy) is 1. The van der Waals surface area contributed by atoms with Gasteiger partial charge >= 0.3 is 5.97 Å². The Morgan fingerprint density at radius 3 is 2.68 bits per heavy atom. The summed E-state index contributed by atoms with van der Waals surface area (Å²) < 4.78 is 31.2. The molecule has 0 saturated heterocycles. The Hall–Kier alpha value is -1.44. The molecule has 0 amide bonds. The number of sulfonamides is 1. The quantitative estimate of drug-likeness (QED) is 0.779. The molecule has 0 saturated carbocycles. The van der Waals surface area contributed by atoms with E-state index in [1.54, 1.807) is 19.1 Å². The second-order valence-electron chi connectivity index (χ2n) is 4.00. The summed E-state index contributed by atoms with van der Waals surface area (Å²) in [6, 6.07) is 5.06. The molecule has 0 aliphatic rings. The minimum Gasteiger partial charge on any atom is -0.480 e. The van der Waals surface area contributed by atoms with Gasteiger partial charge in [0.1, 0.15) is 6.04 Å². The van der Waals surface area contributed by atoms with Gasteiger partial charge in [0.05, 0.1) is 11.5 Å². The first kappa shape index (κ1) is 15.6. The Morgan fingerprint density at radius 2 is 2.16 bits per heavy atom. The van der Waals surface area contributed by atoms with Crippen LogP contribution in [0.3, 0.4) is 0 Å². The average molecular weight is 287 g/mol. The summed E-state index contributed by atoms with van der Waals surface area (Å²) in [5.41, 5.74) is 0.703. The molecule has 0 fully saturated rings.